The van der Waals surface area contributed by atoms with Crippen LogP contribution in [0, 0.1) is 0 Å². The van der Waals surface area contributed by atoms with Crippen molar-refractivity contribution in [3.63, 3.8) is 0 Å². The second kappa shape index (κ2) is 10.0. The minimum atomic E-state index is -0.441. The number of carbonyl (C=O) groups excluding carboxylic acids is 2. The average Bonchev–Trinajstić information content (AvgIpc) is 3.27. The summed E-state index contributed by atoms with van der Waals surface area (Å²) in [4.78, 5) is 43.9. The van der Waals surface area contributed by atoms with Crippen LogP contribution in [0.1, 0.15) is 22.2 Å². The van der Waals surface area contributed by atoms with E-state index in [2.05, 4.69) is 10.1 Å². The number of benzene rings is 2. The summed E-state index contributed by atoms with van der Waals surface area (Å²) < 4.78 is 6.23. The number of thiophene rings is 1. The summed E-state index contributed by atoms with van der Waals surface area (Å²) in [6, 6.07) is 17.6. The minimum Gasteiger partial charge on any atom is -0.465 e. The highest BCUT2D eigenvalue weighted by Crippen LogP contribution is 2.27. The van der Waals surface area contributed by atoms with Crippen molar-refractivity contribution in [3.8, 4) is 5.69 Å². The van der Waals surface area contributed by atoms with E-state index >= 15 is 0 Å². The molecule has 7 nitrogen and oxygen atoms in total. The zero-order valence-electron chi connectivity index (χ0n) is 18.0. The van der Waals surface area contributed by atoms with Crippen LogP contribution in [-0.2, 0) is 16.0 Å². The van der Waals surface area contributed by atoms with Gasteiger partial charge in [0.2, 0.25) is 5.91 Å². The van der Waals surface area contributed by atoms with E-state index in [-0.39, 0.29) is 17.2 Å². The lowest BCUT2D eigenvalue weighted by molar-refractivity contribution is -0.113. The fraction of sp³-hybridized carbons (Fsp3) is 0.167. The molecule has 4 rings (SSSR count). The molecule has 0 bridgehead atoms. The molecule has 0 aliphatic rings. The Morgan fingerprint density at radius 1 is 1.12 bits per heavy atom. The number of amides is 1. The highest BCUT2D eigenvalue weighted by Gasteiger charge is 2.17. The molecule has 0 unspecified atom stereocenters. The van der Waals surface area contributed by atoms with Crippen LogP contribution in [0.15, 0.2) is 70.6 Å². The number of hydrogen-bond donors (Lipinski definition) is 1. The Labute approximate surface area is 198 Å². The standard InChI is InChI=1S/C24H21N3O4S2/c1-3-18-13-19-21(33-18)26-24(27(22(19)29)17-7-5-4-6-8-17)32-14-20(28)25-16-11-9-15(10-12-16)23(30)31-2/h4-13H,3,14H2,1-2H3,(H,25,28). The Morgan fingerprint density at radius 2 is 1.85 bits per heavy atom. The number of thioether (sulfide) groups is 1. The van der Waals surface area contributed by atoms with Crippen molar-refractivity contribution in [2.75, 3.05) is 18.2 Å². The van der Waals surface area contributed by atoms with Gasteiger partial charge in [0, 0.05) is 10.6 Å². The lowest BCUT2D eigenvalue weighted by Crippen LogP contribution is -2.22. The topological polar surface area (TPSA) is 90.3 Å². The number of para-hydroxylation sites is 1. The number of aryl methyl sites for hydroxylation is 1. The number of nitrogens with one attached hydrogen (secondary N) is 1. The molecule has 4 aromatic rings. The van der Waals surface area contributed by atoms with Gasteiger partial charge >= 0.3 is 5.97 Å². The minimum absolute atomic E-state index is 0.0650. The second-order valence-corrected chi connectivity index (χ2v) is 9.12. The molecule has 33 heavy (non-hydrogen) atoms. The van der Waals surface area contributed by atoms with E-state index in [0.717, 1.165) is 11.3 Å². The Kier molecular flexibility index (Phi) is 6.90. The fourth-order valence-corrected chi connectivity index (χ4v) is 5.04. The van der Waals surface area contributed by atoms with Gasteiger partial charge in [-0.15, -0.1) is 11.3 Å². The summed E-state index contributed by atoms with van der Waals surface area (Å²) in [5.74, 6) is -0.626. The molecule has 1 amide bonds. The molecule has 9 heteroatoms. The number of rotatable bonds is 7. The van der Waals surface area contributed by atoms with Crippen molar-refractivity contribution in [3.05, 3.63) is 81.5 Å². The molecule has 0 aliphatic heterocycles. The summed E-state index contributed by atoms with van der Waals surface area (Å²) in [5, 5.41) is 3.84. The van der Waals surface area contributed by atoms with Crippen LogP contribution >= 0.6 is 23.1 Å². The molecule has 0 spiro atoms. The number of methoxy groups -OCH3 is 1. The highest BCUT2D eigenvalue weighted by molar-refractivity contribution is 7.99. The van der Waals surface area contributed by atoms with Gasteiger partial charge in [-0.05, 0) is 48.9 Å². The largest absolute Gasteiger partial charge is 0.465 e. The second-order valence-electron chi connectivity index (χ2n) is 7.06. The van der Waals surface area contributed by atoms with Crippen molar-refractivity contribution >= 4 is 50.9 Å². The Hall–Kier alpha value is -3.43. The number of nitrogens with zero attached hydrogens (tertiary/aromatic N) is 2. The smallest absolute Gasteiger partial charge is 0.337 e. The Bertz CT molecular complexity index is 1360. The SMILES string of the molecule is CCc1cc2c(=O)n(-c3ccccc3)c(SCC(=O)Nc3ccc(C(=O)OC)cc3)nc2s1. The summed E-state index contributed by atoms with van der Waals surface area (Å²) in [6.07, 6.45) is 0.825. The molecule has 0 saturated carbocycles. The third kappa shape index (κ3) is 4.99. The molecule has 2 aromatic heterocycles. The van der Waals surface area contributed by atoms with Gasteiger partial charge in [-0.25, -0.2) is 9.78 Å². The number of ether oxygens (including phenoxy) is 1. The molecule has 0 fully saturated rings. The number of esters is 1. The molecule has 2 aromatic carbocycles. The van der Waals surface area contributed by atoms with E-state index in [9.17, 15) is 14.4 Å². The summed E-state index contributed by atoms with van der Waals surface area (Å²) in [7, 11) is 1.31. The fourth-order valence-electron chi connectivity index (χ4n) is 3.22. The van der Waals surface area contributed by atoms with E-state index < -0.39 is 5.97 Å². The van der Waals surface area contributed by atoms with Crippen molar-refractivity contribution in [2.45, 2.75) is 18.5 Å². The van der Waals surface area contributed by atoms with Crippen LogP contribution in [-0.4, -0.2) is 34.3 Å². The van der Waals surface area contributed by atoms with E-state index in [1.54, 1.807) is 28.8 Å². The summed E-state index contributed by atoms with van der Waals surface area (Å²) in [5.41, 5.74) is 1.51. The number of fused-ring (bicyclic) bond motifs is 1. The summed E-state index contributed by atoms with van der Waals surface area (Å²) in [6.45, 7) is 2.04. The molecule has 0 radical (unpaired) electrons. The number of anilines is 1. The lowest BCUT2D eigenvalue weighted by atomic mass is 10.2. The first-order valence-electron chi connectivity index (χ1n) is 10.2. The molecular weight excluding hydrogens is 458 g/mol. The predicted molar refractivity (Wildman–Crippen MR) is 132 cm³/mol. The van der Waals surface area contributed by atoms with Gasteiger partial charge in [-0.3, -0.25) is 14.2 Å². The van der Waals surface area contributed by atoms with Gasteiger partial charge in [0.25, 0.3) is 5.56 Å². The van der Waals surface area contributed by atoms with Crippen LogP contribution in [0.3, 0.4) is 0 Å². The predicted octanol–water partition coefficient (Wildman–Crippen LogP) is 4.53. The van der Waals surface area contributed by atoms with Crippen LogP contribution in [0.25, 0.3) is 15.9 Å². The van der Waals surface area contributed by atoms with Crippen molar-refractivity contribution < 1.29 is 14.3 Å². The van der Waals surface area contributed by atoms with Crippen molar-refractivity contribution in [1.82, 2.24) is 9.55 Å². The first-order chi connectivity index (χ1) is 16.0. The van der Waals surface area contributed by atoms with E-state index in [1.165, 1.54) is 30.2 Å². The Balaban J connectivity index is 1.58. The molecule has 0 aliphatic carbocycles. The van der Waals surface area contributed by atoms with Gasteiger partial charge in [0.15, 0.2) is 5.16 Å². The molecular formula is C24H21N3O4S2. The summed E-state index contributed by atoms with van der Waals surface area (Å²) >= 11 is 2.69. The third-order valence-corrected chi connectivity index (χ3v) is 6.98. The quantitative estimate of drug-likeness (QED) is 0.238. The lowest BCUT2D eigenvalue weighted by Gasteiger charge is -2.12. The normalized spacial score (nSPS) is 10.8. The molecule has 1 N–H and O–H groups in total. The average molecular weight is 480 g/mol. The van der Waals surface area contributed by atoms with Gasteiger partial charge in [-0.2, -0.15) is 0 Å². The number of hydrogen-bond acceptors (Lipinski definition) is 7. The third-order valence-electron chi connectivity index (χ3n) is 4.87. The maximum atomic E-state index is 13.3. The van der Waals surface area contributed by atoms with E-state index in [4.69, 9.17) is 4.98 Å². The monoisotopic (exact) mass is 479 g/mol. The first kappa shape index (κ1) is 22.8. The van der Waals surface area contributed by atoms with Gasteiger partial charge in [0.05, 0.1) is 29.5 Å². The molecule has 2 heterocycles. The van der Waals surface area contributed by atoms with Gasteiger partial charge in [0.1, 0.15) is 4.83 Å². The van der Waals surface area contributed by atoms with Crippen LogP contribution in [0.2, 0.25) is 0 Å². The van der Waals surface area contributed by atoms with E-state index in [0.29, 0.717) is 32.3 Å². The molecule has 0 saturated heterocycles. The van der Waals surface area contributed by atoms with Crippen LogP contribution in [0.4, 0.5) is 5.69 Å². The molecule has 168 valence electrons. The Morgan fingerprint density at radius 3 is 2.52 bits per heavy atom. The van der Waals surface area contributed by atoms with Crippen molar-refractivity contribution in [2.24, 2.45) is 0 Å². The maximum absolute atomic E-state index is 13.3. The zero-order chi connectivity index (χ0) is 23.4. The van der Waals surface area contributed by atoms with E-state index in [1.807, 2.05) is 43.3 Å². The maximum Gasteiger partial charge on any atom is 0.337 e. The zero-order valence-corrected chi connectivity index (χ0v) is 19.7. The van der Waals surface area contributed by atoms with Crippen LogP contribution in [0.5, 0.6) is 0 Å². The first-order valence-corrected chi connectivity index (χ1v) is 12.0. The highest BCUT2D eigenvalue weighted by atomic mass is 32.2. The van der Waals surface area contributed by atoms with Gasteiger partial charge in [-0.1, -0.05) is 36.9 Å². The molecule has 0 atom stereocenters. The van der Waals surface area contributed by atoms with Gasteiger partial charge < -0.3 is 10.1 Å². The van der Waals surface area contributed by atoms with Crippen molar-refractivity contribution in [1.29, 1.82) is 0 Å². The van der Waals surface area contributed by atoms with Crippen LogP contribution < -0.4 is 10.9 Å². The number of carbonyl (C=O) groups is 2. The number of aromatic nitrogens is 2.